The van der Waals surface area contributed by atoms with E-state index in [0.29, 0.717) is 55.5 Å². The highest BCUT2D eigenvalue weighted by molar-refractivity contribution is 5.94. The van der Waals surface area contributed by atoms with Gasteiger partial charge in [-0.25, -0.2) is 9.36 Å². The molecule has 1 fully saturated rings. The molecule has 42 heavy (non-hydrogen) atoms. The quantitative estimate of drug-likeness (QED) is 0.329. The van der Waals surface area contributed by atoms with Crippen LogP contribution < -0.4 is 5.56 Å². The van der Waals surface area contributed by atoms with Crippen molar-refractivity contribution in [1.29, 1.82) is 0 Å². The fraction of sp³-hybridized carbons (Fsp3) is 0.167. The number of aromatic nitrogens is 8. The van der Waals surface area contributed by atoms with E-state index >= 15 is 0 Å². The third-order valence-electron chi connectivity index (χ3n) is 7.22. The van der Waals surface area contributed by atoms with E-state index in [2.05, 4.69) is 30.6 Å². The average molecular weight is 560 g/mol. The molecule has 6 aromatic rings. The van der Waals surface area contributed by atoms with Gasteiger partial charge in [0.05, 0.1) is 42.9 Å². The Morgan fingerprint density at radius 1 is 0.929 bits per heavy atom. The van der Waals surface area contributed by atoms with Gasteiger partial charge in [-0.05, 0) is 60.2 Å². The Balaban J connectivity index is 1.13. The molecule has 0 bridgehead atoms. The molecule has 0 spiro atoms. The number of aromatic amines is 1. The molecule has 1 aliphatic heterocycles. The average Bonchev–Trinajstić information content (AvgIpc) is 3.70. The van der Waals surface area contributed by atoms with Crippen molar-refractivity contribution in [2.75, 3.05) is 26.3 Å². The van der Waals surface area contributed by atoms with Crippen LogP contribution in [0.4, 0.5) is 0 Å². The summed E-state index contributed by atoms with van der Waals surface area (Å²) < 4.78 is 8.44. The standard InChI is InChI=1S/C30H25N9O3/c40-28-8-7-25(21-9-11-31-12-10-21)35-39(28)18-20-1-6-26-24(17-20)29(34-32-26)27-19-38(36-33-27)23-4-2-22(3-5-23)30(41)37-13-15-42-16-14-37/h1-12,17,19H,13-16,18H2,(H,32,34). The molecule has 4 aromatic heterocycles. The van der Waals surface area contributed by atoms with Crippen LogP contribution in [0.5, 0.6) is 0 Å². The first-order chi connectivity index (χ1) is 20.6. The second-order valence-electron chi connectivity index (χ2n) is 9.90. The molecule has 1 amide bonds. The van der Waals surface area contributed by atoms with Gasteiger partial charge in [-0.1, -0.05) is 11.3 Å². The van der Waals surface area contributed by atoms with Crippen molar-refractivity contribution in [1.82, 2.24) is 44.9 Å². The van der Waals surface area contributed by atoms with Gasteiger partial charge in [0, 0.05) is 48.1 Å². The van der Waals surface area contributed by atoms with Gasteiger partial charge in [-0.3, -0.25) is 19.7 Å². The van der Waals surface area contributed by atoms with Crippen LogP contribution in [0.2, 0.25) is 0 Å². The van der Waals surface area contributed by atoms with E-state index in [1.54, 1.807) is 46.4 Å². The van der Waals surface area contributed by atoms with Crippen molar-refractivity contribution in [3.8, 4) is 28.3 Å². The smallest absolute Gasteiger partial charge is 0.267 e. The van der Waals surface area contributed by atoms with E-state index in [-0.39, 0.29) is 11.5 Å². The fourth-order valence-electron chi connectivity index (χ4n) is 4.97. The van der Waals surface area contributed by atoms with Crippen LogP contribution in [-0.4, -0.2) is 77.1 Å². The SMILES string of the molecule is O=C(c1ccc(-n2cc(-c3n[nH]c4ccc(Cn5nc(-c6ccncc6)ccc5=O)cc34)nn2)cc1)N1CCOCC1. The largest absolute Gasteiger partial charge is 0.378 e. The highest BCUT2D eigenvalue weighted by Crippen LogP contribution is 2.26. The van der Waals surface area contributed by atoms with Gasteiger partial charge < -0.3 is 9.64 Å². The summed E-state index contributed by atoms with van der Waals surface area (Å²) in [5, 5.41) is 21.6. The number of ether oxygens (including phenoxy) is 1. The molecule has 0 radical (unpaired) electrons. The molecule has 12 nitrogen and oxygen atoms in total. The maximum Gasteiger partial charge on any atom is 0.267 e. The number of nitrogens with zero attached hydrogens (tertiary/aromatic N) is 8. The molecule has 5 heterocycles. The number of carbonyl (C=O) groups is 1. The van der Waals surface area contributed by atoms with Crippen molar-refractivity contribution in [3.63, 3.8) is 0 Å². The highest BCUT2D eigenvalue weighted by atomic mass is 16.5. The van der Waals surface area contributed by atoms with Crippen molar-refractivity contribution in [2.24, 2.45) is 0 Å². The maximum absolute atomic E-state index is 12.8. The van der Waals surface area contributed by atoms with Gasteiger partial charge in [0.25, 0.3) is 11.5 Å². The first-order valence-corrected chi connectivity index (χ1v) is 13.5. The zero-order chi connectivity index (χ0) is 28.5. The second-order valence-corrected chi connectivity index (χ2v) is 9.90. The van der Waals surface area contributed by atoms with Crippen LogP contribution in [0.3, 0.4) is 0 Å². The van der Waals surface area contributed by atoms with Crippen molar-refractivity contribution in [2.45, 2.75) is 6.54 Å². The third kappa shape index (κ3) is 4.95. The molecular formula is C30H25N9O3. The Labute approximate surface area is 239 Å². The van der Waals surface area contributed by atoms with Crippen LogP contribution in [0, 0.1) is 0 Å². The number of rotatable bonds is 6. The summed E-state index contributed by atoms with van der Waals surface area (Å²) in [6, 6.07) is 20.1. The summed E-state index contributed by atoms with van der Waals surface area (Å²) in [4.78, 5) is 31.2. The topological polar surface area (TPSA) is 137 Å². The van der Waals surface area contributed by atoms with Gasteiger partial charge in [-0.15, -0.1) is 5.10 Å². The fourth-order valence-corrected chi connectivity index (χ4v) is 4.97. The predicted octanol–water partition coefficient (Wildman–Crippen LogP) is 2.95. The minimum Gasteiger partial charge on any atom is -0.378 e. The van der Waals surface area contributed by atoms with Crippen LogP contribution in [0.25, 0.3) is 39.2 Å². The van der Waals surface area contributed by atoms with Crippen LogP contribution >= 0.6 is 0 Å². The number of H-pyrrole nitrogens is 1. The number of amides is 1. The third-order valence-corrected chi connectivity index (χ3v) is 7.22. The molecular weight excluding hydrogens is 534 g/mol. The van der Waals surface area contributed by atoms with Crippen LogP contribution in [0.15, 0.2) is 90.1 Å². The number of carbonyl (C=O) groups excluding carboxylic acids is 1. The lowest BCUT2D eigenvalue weighted by Gasteiger charge is -2.26. The van der Waals surface area contributed by atoms with Gasteiger partial charge in [0.1, 0.15) is 11.4 Å². The van der Waals surface area contributed by atoms with Crippen molar-refractivity contribution >= 4 is 16.8 Å². The summed E-state index contributed by atoms with van der Waals surface area (Å²) in [7, 11) is 0. The van der Waals surface area contributed by atoms with Crippen molar-refractivity contribution < 1.29 is 9.53 Å². The minimum absolute atomic E-state index is 0.00974. The van der Waals surface area contributed by atoms with Crippen molar-refractivity contribution in [3.05, 3.63) is 107 Å². The summed E-state index contributed by atoms with van der Waals surface area (Å²) in [5.74, 6) is -0.00974. The summed E-state index contributed by atoms with van der Waals surface area (Å²) >= 11 is 0. The number of nitrogens with one attached hydrogen (secondary N) is 1. The molecule has 0 aliphatic carbocycles. The monoisotopic (exact) mass is 559 g/mol. The Kier molecular flexibility index (Phi) is 6.56. The Hall–Kier alpha value is -5.49. The molecule has 7 rings (SSSR count). The zero-order valence-electron chi connectivity index (χ0n) is 22.4. The summed E-state index contributed by atoms with van der Waals surface area (Å²) in [6.07, 6.45) is 5.19. The molecule has 0 saturated carbocycles. The maximum atomic E-state index is 12.8. The molecule has 1 aliphatic rings. The number of hydrogen-bond acceptors (Lipinski definition) is 8. The Morgan fingerprint density at radius 3 is 2.55 bits per heavy atom. The lowest BCUT2D eigenvalue weighted by atomic mass is 10.1. The molecule has 208 valence electrons. The van der Waals surface area contributed by atoms with E-state index in [1.807, 2.05) is 42.5 Å². The first kappa shape index (κ1) is 25.5. The first-order valence-electron chi connectivity index (χ1n) is 13.5. The molecule has 12 heteroatoms. The van der Waals surface area contributed by atoms with E-state index < -0.39 is 0 Å². The van der Waals surface area contributed by atoms with Gasteiger partial charge in [0.15, 0.2) is 0 Å². The Bertz CT molecular complexity index is 1940. The Morgan fingerprint density at radius 2 is 1.74 bits per heavy atom. The lowest BCUT2D eigenvalue weighted by molar-refractivity contribution is 0.0303. The molecule has 2 aromatic carbocycles. The number of benzene rings is 2. The van der Waals surface area contributed by atoms with Gasteiger partial charge in [0.2, 0.25) is 0 Å². The molecule has 0 atom stereocenters. The molecule has 0 unspecified atom stereocenters. The van der Waals surface area contributed by atoms with Crippen LogP contribution in [0.1, 0.15) is 15.9 Å². The van der Waals surface area contributed by atoms with Gasteiger partial charge in [-0.2, -0.15) is 10.2 Å². The van der Waals surface area contributed by atoms with E-state index in [4.69, 9.17) is 4.74 Å². The number of fused-ring (bicyclic) bond motifs is 1. The van der Waals surface area contributed by atoms with E-state index in [9.17, 15) is 9.59 Å². The minimum atomic E-state index is -0.194. The van der Waals surface area contributed by atoms with E-state index in [1.165, 1.54) is 10.7 Å². The second kappa shape index (κ2) is 10.8. The number of pyridine rings is 1. The predicted molar refractivity (Wildman–Crippen MR) is 154 cm³/mol. The van der Waals surface area contributed by atoms with Gasteiger partial charge >= 0.3 is 0 Å². The molecule has 1 N–H and O–H groups in total. The number of morpholine rings is 1. The highest BCUT2D eigenvalue weighted by Gasteiger charge is 2.19. The summed E-state index contributed by atoms with van der Waals surface area (Å²) in [6.45, 7) is 2.60. The molecule has 1 saturated heterocycles. The zero-order valence-corrected chi connectivity index (χ0v) is 22.4. The normalized spacial score (nSPS) is 13.5. The summed E-state index contributed by atoms with van der Waals surface area (Å²) in [5.41, 5.74) is 5.72. The number of hydrogen-bond donors (Lipinski definition) is 1. The lowest BCUT2D eigenvalue weighted by Crippen LogP contribution is -2.40. The van der Waals surface area contributed by atoms with E-state index in [0.717, 1.165) is 27.7 Å². The van der Waals surface area contributed by atoms with Crippen LogP contribution in [-0.2, 0) is 11.3 Å².